The molecule has 0 bridgehead atoms. The minimum atomic E-state index is -0.912. The molecule has 1 aromatic heterocycles. The summed E-state index contributed by atoms with van der Waals surface area (Å²) in [7, 11) is 3.32. The molecule has 108 valence electrons. The Kier molecular flexibility index (Phi) is 4.16. The third kappa shape index (κ3) is 2.62. The molecule has 1 aliphatic rings. The fraction of sp³-hybridized carbons (Fsp3) is 0.786. The van der Waals surface area contributed by atoms with E-state index in [1.807, 2.05) is 4.68 Å². The van der Waals surface area contributed by atoms with E-state index in [2.05, 4.69) is 18.9 Å². The molecule has 0 amide bonds. The molecule has 19 heavy (non-hydrogen) atoms. The summed E-state index contributed by atoms with van der Waals surface area (Å²) in [4.78, 5) is 0. The Labute approximate surface area is 114 Å². The Morgan fingerprint density at radius 3 is 2.79 bits per heavy atom. The minimum Gasteiger partial charge on any atom is -0.493 e. The molecule has 1 heterocycles. The molecule has 0 aromatic carbocycles. The Morgan fingerprint density at radius 2 is 2.21 bits per heavy atom. The molecule has 0 radical (unpaired) electrons. The number of methoxy groups -OCH3 is 2. The lowest BCUT2D eigenvalue weighted by molar-refractivity contribution is -0.0697. The van der Waals surface area contributed by atoms with Gasteiger partial charge in [-0.05, 0) is 33.1 Å². The van der Waals surface area contributed by atoms with Gasteiger partial charge in [-0.15, -0.1) is 0 Å². The molecule has 1 N–H and O–H groups in total. The van der Waals surface area contributed by atoms with Crippen LogP contribution in [0.1, 0.15) is 51.3 Å². The summed E-state index contributed by atoms with van der Waals surface area (Å²) < 4.78 is 12.7. The third-order valence-corrected chi connectivity index (χ3v) is 3.93. The highest BCUT2D eigenvalue weighted by molar-refractivity contribution is 5.32. The molecule has 2 atom stereocenters. The second kappa shape index (κ2) is 5.51. The van der Waals surface area contributed by atoms with Gasteiger partial charge in [-0.1, -0.05) is 0 Å². The minimum absolute atomic E-state index is 0.0963. The first-order chi connectivity index (χ1) is 9.01. The first kappa shape index (κ1) is 14.3. The van der Waals surface area contributed by atoms with E-state index in [0.29, 0.717) is 12.2 Å². The van der Waals surface area contributed by atoms with Crippen LogP contribution in [0, 0.1) is 0 Å². The van der Waals surface area contributed by atoms with Gasteiger partial charge in [0.15, 0.2) is 5.75 Å². The van der Waals surface area contributed by atoms with E-state index in [1.54, 1.807) is 20.4 Å². The van der Waals surface area contributed by atoms with Crippen LogP contribution in [-0.4, -0.2) is 35.2 Å². The van der Waals surface area contributed by atoms with Crippen LogP contribution >= 0.6 is 0 Å². The second-order valence-electron chi connectivity index (χ2n) is 5.59. The van der Waals surface area contributed by atoms with Crippen molar-refractivity contribution < 1.29 is 14.6 Å². The third-order valence-electron chi connectivity index (χ3n) is 3.93. The van der Waals surface area contributed by atoms with Crippen molar-refractivity contribution in [3.8, 4) is 5.75 Å². The van der Waals surface area contributed by atoms with E-state index in [4.69, 9.17) is 9.47 Å². The quantitative estimate of drug-likeness (QED) is 0.910. The molecule has 1 fully saturated rings. The fourth-order valence-corrected chi connectivity index (χ4v) is 2.95. The second-order valence-corrected chi connectivity index (χ2v) is 5.59. The number of aliphatic hydroxyl groups is 1. The van der Waals surface area contributed by atoms with Crippen molar-refractivity contribution in [2.75, 3.05) is 14.2 Å². The van der Waals surface area contributed by atoms with Crippen LogP contribution in [0.25, 0.3) is 0 Å². The lowest BCUT2D eigenvalue weighted by atomic mass is 9.80. The van der Waals surface area contributed by atoms with E-state index in [1.165, 1.54) is 0 Å². The number of aromatic nitrogens is 2. The Morgan fingerprint density at radius 1 is 1.47 bits per heavy atom. The molecule has 2 rings (SSSR count). The maximum absolute atomic E-state index is 11.1. The molecule has 1 aromatic rings. The lowest BCUT2D eigenvalue weighted by Crippen LogP contribution is -2.38. The SMILES string of the molecule is COc1cnn(C(C)C)c1C1(O)CCCC(OC)C1. The van der Waals surface area contributed by atoms with Crippen molar-refractivity contribution in [1.82, 2.24) is 9.78 Å². The molecule has 0 spiro atoms. The predicted octanol–water partition coefficient (Wildman–Crippen LogP) is 2.25. The number of hydrogen-bond donors (Lipinski definition) is 1. The summed E-state index contributed by atoms with van der Waals surface area (Å²) in [6.45, 7) is 4.10. The van der Waals surface area contributed by atoms with Crippen LogP contribution in [-0.2, 0) is 10.3 Å². The molecule has 1 aliphatic carbocycles. The Hall–Kier alpha value is -1.07. The van der Waals surface area contributed by atoms with Gasteiger partial charge in [0, 0.05) is 19.6 Å². The molecule has 5 heteroatoms. The van der Waals surface area contributed by atoms with Gasteiger partial charge in [0.05, 0.1) is 19.4 Å². The van der Waals surface area contributed by atoms with E-state index < -0.39 is 5.60 Å². The van der Waals surface area contributed by atoms with Crippen LogP contribution < -0.4 is 4.74 Å². The van der Waals surface area contributed by atoms with Gasteiger partial charge in [-0.25, -0.2) is 0 Å². The molecule has 0 saturated heterocycles. The molecular formula is C14H24N2O3. The van der Waals surface area contributed by atoms with Crippen molar-refractivity contribution in [3.63, 3.8) is 0 Å². The first-order valence-electron chi connectivity index (χ1n) is 6.89. The van der Waals surface area contributed by atoms with Crippen molar-refractivity contribution in [2.24, 2.45) is 0 Å². The molecule has 5 nitrogen and oxygen atoms in total. The van der Waals surface area contributed by atoms with Crippen molar-refractivity contribution >= 4 is 0 Å². The van der Waals surface area contributed by atoms with Gasteiger partial charge < -0.3 is 14.6 Å². The lowest BCUT2D eigenvalue weighted by Gasteiger charge is -2.37. The van der Waals surface area contributed by atoms with E-state index in [-0.39, 0.29) is 12.1 Å². The summed E-state index contributed by atoms with van der Waals surface area (Å²) in [6, 6.07) is 0.186. The van der Waals surface area contributed by atoms with Gasteiger partial charge in [0.1, 0.15) is 11.3 Å². The molecule has 0 aliphatic heterocycles. The van der Waals surface area contributed by atoms with Crippen molar-refractivity contribution in [3.05, 3.63) is 11.9 Å². The smallest absolute Gasteiger partial charge is 0.162 e. The summed E-state index contributed by atoms with van der Waals surface area (Å²) in [5, 5.41) is 15.4. The van der Waals surface area contributed by atoms with Gasteiger partial charge in [0.2, 0.25) is 0 Å². The summed E-state index contributed by atoms with van der Waals surface area (Å²) in [5.74, 6) is 0.660. The number of ether oxygens (including phenoxy) is 2. The first-order valence-corrected chi connectivity index (χ1v) is 6.89. The highest BCUT2D eigenvalue weighted by atomic mass is 16.5. The monoisotopic (exact) mass is 268 g/mol. The van der Waals surface area contributed by atoms with Gasteiger partial charge in [-0.3, -0.25) is 4.68 Å². The van der Waals surface area contributed by atoms with Crippen LogP contribution in [0.5, 0.6) is 5.75 Å². The van der Waals surface area contributed by atoms with Crippen molar-refractivity contribution in [1.29, 1.82) is 0 Å². The Balaban J connectivity index is 2.40. The predicted molar refractivity (Wildman–Crippen MR) is 72.3 cm³/mol. The van der Waals surface area contributed by atoms with Crippen LogP contribution in [0.15, 0.2) is 6.20 Å². The number of hydrogen-bond acceptors (Lipinski definition) is 4. The molecule has 1 saturated carbocycles. The zero-order valence-electron chi connectivity index (χ0n) is 12.2. The average Bonchev–Trinajstić information content (AvgIpc) is 2.83. The maximum Gasteiger partial charge on any atom is 0.162 e. The van der Waals surface area contributed by atoms with Gasteiger partial charge >= 0.3 is 0 Å². The Bertz CT molecular complexity index is 430. The van der Waals surface area contributed by atoms with E-state index >= 15 is 0 Å². The summed E-state index contributed by atoms with van der Waals surface area (Å²) in [6.07, 6.45) is 5.04. The molecular weight excluding hydrogens is 244 g/mol. The normalized spacial score (nSPS) is 27.8. The highest BCUT2D eigenvalue weighted by Gasteiger charge is 2.41. The number of rotatable bonds is 4. The van der Waals surface area contributed by atoms with Crippen LogP contribution in [0.4, 0.5) is 0 Å². The van der Waals surface area contributed by atoms with Crippen LogP contribution in [0.2, 0.25) is 0 Å². The topological polar surface area (TPSA) is 56.5 Å². The zero-order chi connectivity index (χ0) is 14.0. The van der Waals surface area contributed by atoms with Crippen molar-refractivity contribution in [2.45, 2.75) is 57.3 Å². The average molecular weight is 268 g/mol. The highest BCUT2D eigenvalue weighted by Crippen LogP contribution is 2.42. The zero-order valence-corrected chi connectivity index (χ0v) is 12.2. The summed E-state index contributed by atoms with van der Waals surface area (Å²) >= 11 is 0. The standard InChI is InChI=1S/C14H24N2O3/c1-10(2)16-13(12(19-4)9-15-16)14(17)7-5-6-11(8-14)18-3/h9-11,17H,5-8H2,1-4H3. The maximum atomic E-state index is 11.1. The van der Waals surface area contributed by atoms with Gasteiger partial charge in [-0.2, -0.15) is 5.10 Å². The summed E-state index contributed by atoms with van der Waals surface area (Å²) in [5.41, 5.74) is -0.128. The largest absolute Gasteiger partial charge is 0.493 e. The fourth-order valence-electron chi connectivity index (χ4n) is 2.95. The molecule has 2 unspecified atom stereocenters. The van der Waals surface area contributed by atoms with Gasteiger partial charge in [0.25, 0.3) is 0 Å². The number of nitrogens with zero attached hydrogens (tertiary/aromatic N) is 2. The van der Waals surface area contributed by atoms with E-state index in [0.717, 1.165) is 25.0 Å². The van der Waals surface area contributed by atoms with Crippen LogP contribution in [0.3, 0.4) is 0 Å². The van der Waals surface area contributed by atoms with E-state index in [9.17, 15) is 5.11 Å².